The Labute approximate surface area is 85.5 Å². The largest absolute Gasteiger partial charge is 0.396 e. The van der Waals surface area contributed by atoms with Gasteiger partial charge in [0.25, 0.3) is 0 Å². The molecule has 0 unspecified atom stereocenters. The summed E-state index contributed by atoms with van der Waals surface area (Å²) in [6.45, 7) is 0.129. The van der Waals surface area contributed by atoms with Crippen molar-refractivity contribution in [2.24, 2.45) is 0 Å². The summed E-state index contributed by atoms with van der Waals surface area (Å²) in [7, 11) is 0. The standard InChI is InChI=1S/C9H10BrClO/c10-8-3-1-7(2-4-8)9(11)5-6-12/h1-4,9,12H,5-6H2/t9-/m0/s1. The first-order valence-corrected chi connectivity index (χ1v) is 4.97. The van der Waals surface area contributed by atoms with Crippen LogP contribution in [0.25, 0.3) is 0 Å². The molecular formula is C9H10BrClO. The molecule has 0 spiro atoms. The second-order valence-electron chi connectivity index (χ2n) is 2.53. The maximum absolute atomic E-state index is 8.66. The lowest BCUT2D eigenvalue weighted by atomic mass is 10.1. The Balaban J connectivity index is 2.68. The predicted molar refractivity (Wildman–Crippen MR) is 54.4 cm³/mol. The molecule has 0 aliphatic carbocycles. The normalized spacial score (nSPS) is 12.9. The van der Waals surface area contributed by atoms with E-state index in [9.17, 15) is 0 Å². The molecule has 0 fully saturated rings. The summed E-state index contributed by atoms with van der Waals surface area (Å²) >= 11 is 9.32. The summed E-state index contributed by atoms with van der Waals surface area (Å²) < 4.78 is 1.04. The van der Waals surface area contributed by atoms with Gasteiger partial charge in [-0.25, -0.2) is 0 Å². The zero-order chi connectivity index (χ0) is 8.97. The van der Waals surface area contributed by atoms with Crippen molar-refractivity contribution in [3.05, 3.63) is 34.3 Å². The van der Waals surface area contributed by atoms with Gasteiger partial charge < -0.3 is 5.11 Å². The Morgan fingerprint density at radius 1 is 1.33 bits per heavy atom. The lowest BCUT2D eigenvalue weighted by molar-refractivity contribution is 0.286. The van der Waals surface area contributed by atoms with E-state index in [-0.39, 0.29) is 12.0 Å². The Morgan fingerprint density at radius 2 is 1.92 bits per heavy atom. The number of rotatable bonds is 3. The number of halogens is 2. The van der Waals surface area contributed by atoms with Crippen LogP contribution in [0.15, 0.2) is 28.7 Å². The average Bonchev–Trinajstić information content (AvgIpc) is 2.06. The summed E-state index contributed by atoms with van der Waals surface area (Å²) in [4.78, 5) is 0. The number of benzene rings is 1. The SMILES string of the molecule is OCC[C@H](Cl)c1ccc(Br)cc1. The van der Waals surface area contributed by atoms with Gasteiger partial charge in [-0.1, -0.05) is 28.1 Å². The van der Waals surface area contributed by atoms with Crippen molar-refractivity contribution < 1.29 is 5.11 Å². The van der Waals surface area contributed by atoms with Crippen LogP contribution in [-0.2, 0) is 0 Å². The van der Waals surface area contributed by atoms with Crippen LogP contribution in [0.1, 0.15) is 17.4 Å². The average molecular weight is 250 g/mol. The van der Waals surface area contributed by atoms with Crippen molar-refractivity contribution in [3.8, 4) is 0 Å². The molecule has 66 valence electrons. The van der Waals surface area contributed by atoms with Crippen LogP contribution < -0.4 is 0 Å². The molecule has 3 heteroatoms. The lowest BCUT2D eigenvalue weighted by Gasteiger charge is -2.07. The molecule has 0 heterocycles. The van der Waals surface area contributed by atoms with Gasteiger partial charge in [0.1, 0.15) is 0 Å². The van der Waals surface area contributed by atoms with Crippen molar-refractivity contribution in [2.75, 3.05) is 6.61 Å². The minimum absolute atomic E-state index is 0.0805. The molecule has 12 heavy (non-hydrogen) atoms. The number of alkyl halides is 1. The van der Waals surface area contributed by atoms with Gasteiger partial charge in [0.2, 0.25) is 0 Å². The van der Waals surface area contributed by atoms with Gasteiger partial charge in [-0.2, -0.15) is 0 Å². The third-order valence-corrected chi connectivity index (χ3v) is 2.61. The smallest absolute Gasteiger partial charge is 0.0607 e. The molecule has 1 nitrogen and oxygen atoms in total. The van der Waals surface area contributed by atoms with E-state index in [1.807, 2.05) is 24.3 Å². The lowest BCUT2D eigenvalue weighted by Crippen LogP contribution is -1.93. The first-order chi connectivity index (χ1) is 5.74. The van der Waals surface area contributed by atoms with E-state index in [0.717, 1.165) is 10.0 Å². The van der Waals surface area contributed by atoms with Crippen molar-refractivity contribution in [2.45, 2.75) is 11.8 Å². The number of hydrogen-bond donors (Lipinski definition) is 1. The van der Waals surface area contributed by atoms with Crippen LogP contribution in [0.2, 0.25) is 0 Å². The van der Waals surface area contributed by atoms with Crippen molar-refractivity contribution in [3.63, 3.8) is 0 Å². The third-order valence-electron chi connectivity index (χ3n) is 1.61. The van der Waals surface area contributed by atoms with E-state index < -0.39 is 0 Å². The van der Waals surface area contributed by atoms with Crippen molar-refractivity contribution in [1.82, 2.24) is 0 Å². The maximum atomic E-state index is 8.66. The van der Waals surface area contributed by atoms with Crippen LogP contribution >= 0.6 is 27.5 Å². The molecule has 0 amide bonds. The Hall–Kier alpha value is -0.0500. The zero-order valence-electron chi connectivity index (χ0n) is 6.50. The van der Waals surface area contributed by atoms with E-state index in [0.29, 0.717) is 6.42 Å². The summed E-state index contributed by atoms with van der Waals surface area (Å²) in [6.07, 6.45) is 0.600. The molecule has 1 N–H and O–H groups in total. The Bertz CT molecular complexity index is 235. The number of hydrogen-bond acceptors (Lipinski definition) is 1. The molecule has 1 atom stereocenters. The molecule has 0 bridgehead atoms. The number of aliphatic hydroxyl groups excluding tert-OH is 1. The van der Waals surface area contributed by atoms with Gasteiger partial charge in [0.15, 0.2) is 0 Å². The molecular weight excluding hydrogens is 239 g/mol. The van der Waals surface area contributed by atoms with E-state index in [2.05, 4.69) is 15.9 Å². The van der Waals surface area contributed by atoms with Crippen LogP contribution in [0.3, 0.4) is 0 Å². The van der Waals surface area contributed by atoms with E-state index in [1.165, 1.54) is 0 Å². The quantitative estimate of drug-likeness (QED) is 0.816. The second kappa shape index (κ2) is 4.85. The highest BCUT2D eigenvalue weighted by Crippen LogP contribution is 2.24. The summed E-state index contributed by atoms with van der Waals surface area (Å²) in [5.74, 6) is 0. The molecule has 0 aromatic heterocycles. The molecule has 0 saturated carbocycles. The minimum atomic E-state index is -0.0805. The molecule has 0 saturated heterocycles. The van der Waals surface area contributed by atoms with Gasteiger partial charge in [0.05, 0.1) is 5.38 Å². The fourth-order valence-electron chi connectivity index (χ4n) is 0.952. The molecule has 1 rings (SSSR count). The highest BCUT2D eigenvalue weighted by molar-refractivity contribution is 9.10. The van der Waals surface area contributed by atoms with Crippen molar-refractivity contribution >= 4 is 27.5 Å². The zero-order valence-corrected chi connectivity index (χ0v) is 8.85. The summed E-state index contributed by atoms with van der Waals surface area (Å²) in [5, 5.41) is 8.58. The highest BCUT2D eigenvalue weighted by atomic mass is 79.9. The minimum Gasteiger partial charge on any atom is -0.396 e. The van der Waals surface area contributed by atoms with Gasteiger partial charge >= 0.3 is 0 Å². The summed E-state index contributed by atoms with van der Waals surface area (Å²) in [6, 6.07) is 7.80. The third kappa shape index (κ3) is 2.77. The van der Waals surface area contributed by atoms with E-state index >= 15 is 0 Å². The van der Waals surface area contributed by atoms with E-state index in [4.69, 9.17) is 16.7 Å². The first kappa shape index (κ1) is 10.0. The topological polar surface area (TPSA) is 20.2 Å². The van der Waals surface area contributed by atoms with Gasteiger partial charge in [-0.15, -0.1) is 11.6 Å². The molecule has 1 aromatic rings. The number of aliphatic hydroxyl groups is 1. The van der Waals surface area contributed by atoms with Crippen LogP contribution in [0.4, 0.5) is 0 Å². The van der Waals surface area contributed by atoms with Crippen LogP contribution in [0, 0.1) is 0 Å². The van der Waals surface area contributed by atoms with Gasteiger partial charge in [-0.3, -0.25) is 0 Å². The predicted octanol–water partition coefficient (Wildman–Crippen LogP) is 3.11. The fourth-order valence-corrected chi connectivity index (χ4v) is 1.46. The van der Waals surface area contributed by atoms with Crippen LogP contribution in [-0.4, -0.2) is 11.7 Å². The molecule has 0 aliphatic rings. The fraction of sp³-hybridized carbons (Fsp3) is 0.333. The first-order valence-electron chi connectivity index (χ1n) is 3.74. The molecule has 0 aliphatic heterocycles. The van der Waals surface area contributed by atoms with Gasteiger partial charge in [-0.05, 0) is 24.1 Å². The second-order valence-corrected chi connectivity index (χ2v) is 3.97. The van der Waals surface area contributed by atoms with Crippen LogP contribution in [0.5, 0.6) is 0 Å². The summed E-state index contributed by atoms with van der Waals surface area (Å²) in [5.41, 5.74) is 1.05. The van der Waals surface area contributed by atoms with Gasteiger partial charge in [0, 0.05) is 11.1 Å². The Kier molecular flexibility index (Phi) is 4.06. The maximum Gasteiger partial charge on any atom is 0.0607 e. The molecule has 0 radical (unpaired) electrons. The van der Waals surface area contributed by atoms with E-state index in [1.54, 1.807) is 0 Å². The van der Waals surface area contributed by atoms with Crippen molar-refractivity contribution in [1.29, 1.82) is 0 Å². The highest BCUT2D eigenvalue weighted by Gasteiger charge is 2.05. The monoisotopic (exact) mass is 248 g/mol. The molecule has 1 aromatic carbocycles. The Morgan fingerprint density at radius 3 is 2.42 bits per heavy atom.